The number of benzene rings is 1. The van der Waals surface area contributed by atoms with Gasteiger partial charge in [0, 0.05) is 17.1 Å². The summed E-state index contributed by atoms with van der Waals surface area (Å²) in [4.78, 5) is 0.0802. The third-order valence-electron chi connectivity index (χ3n) is 2.33. The molecular weight excluding hydrogens is 344 g/mol. The fourth-order valence-corrected chi connectivity index (χ4v) is 2.85. The fourth-order valence-electron chi connectivity index (χ4n) is 1.10. The van der Waals surface area contributed by atoms with E-state index in [1.54, 1.807) is 0 Å². The van der Waals surface area contributed by atoms with Gasteiger partial charge in [-0.1, -0.05) is 11.6 Å². The number of hydrogen-bond donors (Lipinski definition) is 3. The van der Waals surface area contributed by atoms with Gasteiger partial charge in [0.2, 0.25) is 10.0 Å². The van der Waals surface area contributed by atoms with Crippen molar-refractivity contribution >= 4 is 37.6 Å². The van der Waals surface area contributed by atoms with Crippen LogP contribution in [0.15, 0.2) is 27.6 Å². The van der Waals surface area contributed by atoms with Gasteiger partial charge >= 0.3 is 0 Å². The first-order valence-corrected chi connectivity index (χ1v) is 7.78. The zero-order chi connectivity index (χ0) is 13.9. The fraction of sp³-hybridized carbons (Fsp3) is 0.400. The molecule has 18 heavy (non-hydrogen) atoms. The van der Waals surface area contributed by atoms with Crippen molar-refractivity contribution in [2.75, 3.05) is 6.54 Å². The van der Waals surface area contributed by atoms with Crippen LogP contribution in [-0.2, 0) is 10.0 Å². The maximum Gasteiger partial charge on any atom is 0.240 e. The number of nitrogens with one attached hydrogen (secondary N) is 1. The lowest BCUT2D eigenvalue weighted by Crippen LogP contribution is -2.43. The second kappa shape index (κ2) is 6.31. The molecule has 1 rings (SSSR count). The molecule has 0 amide bonds. The largest absolute Gasteiger partial charge is 0.392 e. The van der Waals surface area contributed by atoms with E-state index in [0.29, 0.717) is 9.50 Å². The van der Waals surface area contributed by atoms with Crippen molar-refractivity contribution in [1.82, 2.24) is 4.72 Å². The Morgan fingerprint density at radius 2 is 2.17 bits per heavy atom. The van der Waals surface area contributed by atoms with Crippen molar-refractivity contribution in [3.8, 4) is 0 Å². The smallest absolute Gasteiger partial charge is 0.240 e. The van der Waals surface area contributed by atoms with Crippen LogP contribution < -0.4 is 10.5 Å². The number of nitrogens with two attached hydrogens (primary N) is 1. The van der Waals surface area contributed by atoms with E-state index >= 15 is 0 Å². The van der Waals surface area contributed by atoms with E-state index in [2.05, 4.69) is 20.7 Å². The molecule has 2 unspecified atom stereocenters. The van der Waals surface area contributed by atoms with Crippen LogP contribution in [0.25, 0.3) is 0 Å². The van der Waals surface area contributed by atoms with Crippen molar-refractivity contribution in [2.45, 2.75) is 24.0 Å². The van der Waals surface area contributed by atoms with Crippen LogP contribution in [0, 0.1) is 0 Å². The molecule has 1 aromatic carbocycles. The summed E-state index contributed by atoms with van der Waals surface area (Å²) < 4.78 is 26.6. The Hall–Kier alpha value is -0.180. The molecule has 0 heterocycles. The highest BCUT2D eigenvalue weighted by Gasteiger charge is 2.18. The molecule has 0 fully saturated rings. The maximum absolute atomic E-state index is 11.9. The molecule has 0 aliphatic carbocycles. The lowest BCUT2D eigenvalue weighted by atomic mass is 10.2. The number of aliphatic hydroxyl groups excluding tert-OH is 1. The van der Waals surface area contributed by atoms with E-state index in [4.69, 9.17) is 17.3 Å². The van der Waals surface area contributed by atoms with E-state index in [9.17, 15) is 13.5 Å². The second-order valence-corrected chi connectivity index (χ2v) is 6.86. The molecule has 0 aliphatic heterocycles. The van der Waals surface area contributed by atoms with Gasteiger partial charge in [-0.05, 0) is 41.1 Å². The lowest BCUT2D eigenvalue weighted by Gasteiger charge is -2.15. The quantitative estimate of drug-likeness (QED) is 0.735. The molecule has 5 nitrogen and oxygen atoms in total. The predicted octanol–water partition coefficient (Wildman–Crippen LogP) is 1.09. The summed E-state index contributed by atoms with van der Waals surface area (Å²) in [7, 11) is -3.66. The highest BCUT2D eigenvalue weighted by atomic mass is 79.9. The SMILES string of the molecule is CC(O)C(N)CNS(=O)(=O)c1ccc(Cl)c(Br)c1. The zero-order valence-electron chi connectivity index (χ0n) is 9.60. The first-order valence-electron chi connectivity index (χ1n) is 5.12. The van der Waals surface area contributed by atoms with Gasteiger partial charge in [-0.3, -0.25) is 0 Å². The van der Waals surface area contributed by atoms with Gasteiger partial charge in [-0.2, -0.15) is 0 Å². The third kappa shape index (κ3) is 4.18. The number of rotatable bonds is 5. The summed E-state index contributed by atoms with van der Waals surface area (Å²) in [6.45, 7) is 1.46. The van der Waals surface area contributed by atoms with Crippen LogP contribution in [0.3, 0.4) is 0 Å². The highest BCUT2D eigenvalue weighted by molar-refractivity contribution is 9.10. The number of halogens is 2. The van der Waals surface area contributed by atoms with Crippen LogP contribution in [0.2, 0.25) is 5.02 Å². The maximum atomic E-state index is 11.9. The van der Waals surface area contributed by atoms with E-state index in [0.717, 1.165) is 0 Å². The first-order chi connectivity index (χ1) is 8.24. The van der Waals surface area contributed by atoms with Crippen LogP contribution >= 0.6 is 27.5 Å². The minimum atomic E-state index is -3.66. The predicted molar refractivity (Wildman–Crippen MR) is 74.0 cm³/mol. The third-order valence-corrected chi connectivity index (χ3v) is 4.97. The molecule has 0 saturated heterocycles. The highest BCUT2D eigenvalue weighted by Crippen LogP contribution is 2.25. The zero-order valence-corrected chi connectivity index (χ0v) is 12.8. The minimum Gasteiger partial charge on any atom is -0.392 e. The summed E-state index contributed by atoms with van der Waals surface area (Å²) in [5.41, 5.74) is 5.55. The van der Waals surface area contributed by atoms with Crippen molar-refractivity contribution in [2.24, 2.45) is 5.73 Å². The average molecular weight is 358 g/mol. The minimum absolute atomic E-state index is 0.0414. The summed E-state index contributed by atoms with van der Waals surface area (Å²) in [5.74, 6) is 0. The number of sulfonamides is 1. The van der Waals surface area contributed by atoms with Crippen LogP contribution in [0.4, 0.5) is 0 Å². The van der Waals surface area contributed by atoms with Crippen molar-refractivity contribution < 1.29 is 13.5 Å². The standard InChI is InChI=1S/C10H14BrClN2O3S/c1-6(15)10(13)5-14-18(16,17)7-2-3-9(12)8(11)4-7/h2-4,6,10,14-15H,5,13H2,1H3. The van der Waals surface area contributed by atoms with Gasteiger partial charge < -0.3 is 10.8 Å². The van der Waals surface area contributed by atoms with Crippen LogP contribution in [0.1, 0.15) is 6.92 Å². The summed E-state index contributed by atoms with van der Waals surface area (Å²) >= 11 is 8.94. The van der Waals surface area contributed by atoms with Gasteiger partial charge in [0.15, 0.2) is 0 Å². The van der Waals surface area contributed by atoms with Crippen molar-refractivity contribution in [3.05, 3.63) is 27.7 Å². The van der Waals surface area contributed by atoms with Gasteiger partial charge in [0.1, 0.15) is 0 Å². The van der Waals surface area contributed by atoms with Crippen LogP contribution in [0.5, 0.6) is 0 Å². The topological polar surface area (TPSA) is 92.4 Å². The lowest BCUT2D eigenvalue weighted by molar-refractivity contribution is 0.164. The Kier molecular flexibility index (Phi) is 5.57. The molecule has 4 N–H and O–H groups in total. The van der Waals surface area contributed by atoms with Crippen molar-refractivity contribution in [3.63, 3.8) is 0 Å². The normalized spacial score (nSPS) is 15.4. The molecule has 0 bridgehead atoms. The first kappa shape index (κ1) is 15.9. The van der Waals surface area contributed by atoms with Crippen molar-refractivity contribution in [1.29, 1.82) is 0 Å². The number of hydrogen-bond acceptors (Lipinski definition) is 4. The van der Waals surface area contributed by atoms with E-state index in [1.807, 2.05) is 0 Å². The van der Waals surface area contributed by atoms with Gasteiger partial charge in [0.05, 0.1) is 16.0 Å². The molecule has 0 radical (unpaired) electrons. The van der Waals surface area contributed by atoms with Gasteiger partial charge in [-0.15, -0.1) is 0 Å². The molecule has 0 spiro atoms. The molecule has 1 aromatic rings. The number of aliphatic hydroxyl groups is 1. The Labute approximate surface area is 120 Å². The Bertz CT molecular complexity index is 522. The molecule has 0 aliphatic rings. The average Bonchev–Trinajstić information content (AvgIpc) is 2.29. The monoisotopic (exact) mass is 356 g/mol. The van der Waals surface area contributed by atoms with Gasteiger partial charge in [0.25, 0.3) is 0 Å². The molecule has 2 atom stereocenters. The van der Waals surface area contributed by atoms with E-state index < -0.39 is 22.2 Å². The summed E-state index contributed by atoms with van der Waals surface area (Å²) in [5, 5.41) is 9.61. The molecule has 102 valence electrons. The Morgan fingerprint density at radius 3 is 2.67 bits per heavy atom. The van der Waals surface area contributed by atoms with E-state index in [-0.39, 0.29) is 11.4 Å². The van der Waals surface area contributed by atoms with E-state index in [1.165, 1.54) is 25.1 Å². The molecule has 0 saturated carbocycles. The molecule has 0 aromatic heterocycles. The summed E-state index contributed by atoms with van der Waals surface area (Å²) in [6, 6.07) is 3.62. The Morgan fingerprint density at radius 1 is 1.56 bits per heavy atom. The van der Waals surface area contributed by atoms with Gasteiger partial charge in [-0.25, -0.2) is 13.1 Å². The summed E-state index contributed by atoms with van der Waals surface area (Å²) in [6.07, 6.45) is -0.787. The molecule has 8 heteroatoms. The van der Waals surface area contributed by atoms with Crippen LogP contribution in [-0.4, -0.2) is 32.2 Å². The second-order valence-electron chi connectivity index (χ2n) is 3.83. The Balaban J connectivity index is 2.83. The molecular formula is C10H14BrClN2O3S.